The topological polar surface area (TPSA) is 70.2 Å². The van der Waals surface area contributed by atoms with E-state index in [0.717, 1.165) is 27.8 Å². The average Bonchev–Trinajstić information content (AvgIpc) is 2.95. The first-order chi connectivity index (χ1) is 9.54. The first-order valence-corrected chi connectivity index (χ1v) is 7.44. The largest absolute Gasteiger partial charge is 0.493 e. The maximum absolute atomic E-state index is 10.8. The summed E-state index contributed by atoms with van der Waals surface area (Å²) in [5, 5.41) is 14.8. The van der Waals surface area contributed by atoms with Gasteiger partial charge in [0.15, 0.2) is 0 Å². The van der Waals surface area contributed by atoms with E-state index in [9.17, 15) is 10.1 Å². The molecule has 6 nitrogen and oxygen atoms in total. The average molecular weight is 403 g/mol. The molecular formula is C12H9Br2N3O3. The number of rotatable bonds is 3. The van der Waals surface area contributed by atoms with Crippen LogP contribution in [0.2, 0.25) is 0 Å². The molecule has 1 aliphatic rings. The van der Waals surface area contributed by atoms with Gasteiger partial charge in [-0.15, -0.1) is 0 Å². The number of hydrogen-bond donors (Lipinski definition) is 0. The summed E-state index contributed by atoms with van der Waals surface area (Å²) in [5.74, 6) is 0.681. The number of nitrogens with zero attached hydrogens (tertiary/aromatic N) is 3. The van der Waals surface area contributed by atoms with Gasteiger partial charge in [0, 0.05) is 16.5 Å². The lowest BCUT2D eigenvalue weighted by Crippen LogP contribution is -2.03. The highest BCUT2D eigenvalue weighted by molar-refractivity contribution is 9.10. The molecule has 0 N–H and O–H groups in total. The van der Waals surface area contributed by atoms with E-state index in [1.807, 2.05) is 12.1 Å². The molecule has 0 aliphatic carbocycles. The van der Waals surface area contributed by atoms with Gasteiger partial charge < -0.3 is 14.9 Å². The SMILES string of the molecule is O=[N+]([O-])c1nn(Cc2cc(Br)cc3c2OCC3)cc1Br. The number of ether oxygens (including phenoxy) is 1. The Morgan fingerprint density at radius 2 is 2.25 bits per heavy atom. The Morgan fingerprint density at radius 1 is 1.45 bits per heavy atom. The van der Waals surface area contributed by atoms with Gasteiger partial charge in [-0.25, -0.2) is 0 Å². The molecule has 1 aromatic carbocycles. The van der Waals surface area contributed by atoms with Crippen molar-refractivity contribution in [2.75, 3.05) is 6.61 Å². The lowest BCUT2D eigenvalue weighted by Gasteiger charge is -2.07. The van der Waals surface area contributed by atoms with Gasteiger partial charge in [-0.3, -0.25) is 0 Å². The highest BCUT2D eigenvalue weighted by Crippen LogP contribution is 2.34. The molecule has 0 spiro atoms. The Hall–Kier alpha value is -1.41. The molecule has 0 fully saturated rings. The third-order valence-electron chi connectivity index (χ3n) is 3.03. The second-order valence-corrected chi connectivity index (χ2v) is 6.18. The first kappa shape index (κ1) is 13.6. The minimum Gasteiger partial charge on any atom is -0.493 e. The number of halogens is 2. The number of aromatic nitrogens is 2. The van der Waals surface area contributed by atoms with Crippen LogP contribution in [0.4, 0.5) is 5.82 Å². The molecule has 0 amide bonds. The van der Waals surface area contributed by atoms with Crippen molar-refractivity contribution in [1.82, 2.24) is 9.78 Å². The van der Waals surface area contributed by atoms with Crippen LogP contribution >= 0.6 is 31.9 Å². The standard InChI is InChI=1S/C12H9Br2N3O3/c13-9-3-7-1-2-20-11(7)8(4-9)5-16-6-10(14)12(15-16)17(18)19/h3-4,6H,1-2,5H2. The Kier molecular flexibility index (Phi) is 3.51. The van der Waals surface area contributed by atoms with Crippen LogP contribution in [0.3, 0.4) is 0 Å². The van der Waals surface area contributed by atoms with Gasteiger partial charge in [0.05, 0.1) is 24.4 Å². The van der Waals surface area contributed by atoms with Crippen molar-refractivity contribution in [2.24, 2.45) is 0 Å². The van der Waals surface area contributed by atoms with Gasteiger partial charge >= 0.3 is 5.82 Å². The molecule has 3 rings (SSSR count). The highest BCUT2D eigenvalue weighted by Gasteiger charge is 2.22. The zero-order valence-corrected chi connectivity index (χ0v) is 13.3. The van der Waals surface area contributed by atoms with E-state index in [4.69, 9.17) is 4.74 Å². The lowest BCUT2D eigenvalue weighted by molar-refractivity contribution is -0.390. The number of benzene rings is 1. The molecule has 1 aliphatic heterocycles. The molecule has 0 radical (unpaired) electrons. The van der Waals surface area contributed by atoms with Crippen LogP contribution in [0.25, 0.3) is 0 Å². The van der Waals surface area contributed by atoms with Crippen molar-refractivity contribution in [3.63, 3.8) is 0 Å². The van der Waals surface area contributed by atoms with E-state index >= 15 is 0 Å². The molecule has 104 valence electrons. The molecule has 20 heavy (non-hydrogen) atoms. The molecule has 8 heteroatoms. The van der Waals surface area contributed by atoms with E-state index < -0.39 is 4.92 Å². The molecule has 0 unspecified atom stereocenters. The summed E-state index contributed by atoms with van der Waals surface area (Å²) in [6.07, 6.45) is 2.48. The predicted octanol–water partition coefficient (Wildman–Crippen LogP) is 3.30. The Balaban J connectivity index is 1.96. The summed E-state index contributed by atoms with van der Waals surface area (Å²) in [5.41, 5.74) is 2.10. The smallest absolute Gasteiger partial charge is 0.404 e. The lowest BCUT2D eigenvalue weighted by atomic mass is 10.1. The van der Waals surface area contributed by atoms with E-state index in [2.05, 4.69) is 37.0 Å². The molecule has 2 aromatic rings. The fraction of sp³-hybridized carbons (Fsp3) is 0.250. The van der Waals surface area contributed by atoms with Crippen molar-refractivity contribution in [3.05, 3.63) is 48.5 Å². The molecule has 0 atom stereocenters. The van der Waals surface area contributed by atoms with Crippen molar-refractivity contribution in [2.45, 2.75) is 13.0 Å². The van der Waals surface area contributed by atoms with Crippen LogP contribution in [-0.2, 0) is 13.0 Å². The number of fused-ring (bicyclic) bond motifs is 1. The molecule has 0 bridgehead atoms. The zero-order valence-electron chi connectivity index (χ0n) is 10.2. The van der Waals surface area contributed by atoms with Crippen LogP contribution < -0.4 is 4.74 Å². The minimum absolute atomic E-state index is 0.183. The maximum Gasteiger partial charge on any atom is 0.404 e. The van der Waals surface area contributed by atoms with Gasteiger partial charge in [0.2, 0.25) is 0 Å². The van der Waals surface area contributed by atoms with Crippen LogP contribution in [0, 0.1) is 10.1 Å². The number of hydrogen-bond acceptors (Lipinski definition) is 4. The molecule has 0 saturated carbocycles. The van der Waals surface area contributed by atoms with Crippen molar-refractivity contribution in [3.8, 4) is 5.75 Å². The van der Waals surface area contributed by atoms with E-state index in [1.165, 1.54) is 4.68 Å². The third-order valence-corrected chi connectivity index (χ3v) is 4.05. The van der Waals surface area contributed by atoms with E-state index in [-0.39, 0.29) is 5.82 Å². The molecule has 2 heterocycles. The van der Waals surface area contributed by atoms with Gasteiger partial charge in [-0.1, -0.05) is 15.9 Å². The second-order valence-electron chi connectivity index (χ2n) is 4.41. The van der Waals surface area contributed by atoms with Crippen LogP contribution in [0.1, 0.15) is 11.1 Å². The Morgan fingerprint density at radius 3 is 2.95 bits per heavy atom. The van der Waals surface area contributed by atoms with Crippen LogP contribution in [0.5, 0.6) is 5.75 Å². The normalized spacial score (nSPS) is 13.1. The van der Waals surface area contributed by atoms with Gasteiger partial charge in [0.1, 0.15) is 10.2 Å². The zero-order chi connectivity index (χ0) is 14.3. The van der Waals surface area contributed by atoms with Crippen molar-refractivity contribution in [1.29, 1.82) is 0 Å². The summed E-state index contributed by atoms with van der Waals surface area (Å²) >= 11 is 6.61. The van der Waals surface area contributed by atoms with Gasteiger partial charge in [-0.05, 0) is 38.5 Å². The minimum atomic E-state index is -0.511. The van der Waals surface area contributed by atoms with Crippen LogP contribution in [-0.4, -0.2) is 21.3 Å². The van der Waals surface area contributed by atoms with Crippen molar-refractivity contribution < 1.29 is 9.66 Å². The van der Waals surface area contributed by atoms with E-state index in [1.54, 1.807) is 6.20 Å². The van der Waals surface area contributed by atoms with Crippen LogP contribution in [0.15, 0.2) is 27.3 Å². The predicted molar refractivity (Wildman–Crippen MR) is 79.0 cm³/mol. The Labute approximate surface area is 131 Å². The number of nitro groups is 1. The fourth-order valence-electron chi connectivity index (χ4n) is 2.23. The van der Waals surface area contributed by atoms with Crippen molar-refractivity contribution >= 4 is 37.7 Å². The van der Waals surface area contributed by atoms with E-state index in [0.29, 0.717) is 17.6 Å². The summed E-state index contributed by atoms with van der Waals surface area (Å²) in [6, 6.07) is 3.98. The fourth-order valence-corrected chi connectivity index (χ4v) is 3.24. The second kappa shape index (κ2) is 5.17. The summed E-state index contributed by atoms with van der Waals surface area (Å²) in [6.45, 7) is 1.09. The monoisotopic (exact) mass is 401 g/mol. The first-order valence-electron chi connectivity index (χ1n) is 5.86. The quantitative estimate of drug-likeness (QED) is 0.583. The summed E-state index contributed by atoms with van der Waals surface area (Å²) in [4.78, 5) is 10.3. The van der Waals surface area contributed by atoms with Gasteiger partial charge in [0.25, 0.3) is 0 Å². The summed E-state index contributed by atoms with van der Waals surface area (Å²) < 4.78 is 8.51. The third kappa shape index (κ3) is 2.45. The highest BCUT2D eigenvalue weighted by atomic mass is 79.9. The Bertz CT molecular complexity index is 699. The molecule has 1 aromatic heterocycles. The summed E-state index contributed by atoms with van der Waals surface area (Å²) in [7, 11) is 0. The van der Waals surface area contributed by atoms with Gasteiger partial charge in [-0.2, -0.15) is 4.68 Å². The maximum atomic E-state index is 10.8. The molecular weight excluding hydrogens is 394 g/mol. The molecule has 0 saturated heterocycles.